The zero-order valence-electron chi connectivity index (χ0n) is 22.7. The Kier molecular flexibility index (Phi) is 9.56. The van der Waals surface area contributed by atoms with Crippen molar-refractivity contribution in [3.63, 3.8) is 0 Å². The molecule has 8 nitrogen and oxygen atoms in total. The number of aliphatic hydroxyl groups is 1. The molecule has 1 aliphatic carbocycles. The molecule has 0 spiro atoms. The van der Waals surface area contributed by atoms with Crippen LogP contribution >= 0.6 is 11.6 Å². The SMILES string of the molecule is COc1cc(/C=C/C(=O)O[C@@H]2CC[C@](O)(CCl)[C@@H]([C@]3(C)O[C@H]3CC=C(C)C)[C@@H]2OC)cc(OC)c1OC. The number of hydrogen-bond acceptors (Lipinski definition) is 8. The predicted molar refractivity (Wildman–Crippen MR) is 142 cm³/mol. The highest BCUT2D eigenvalue weighted by Crippen LogP contribution is 2.55. The van der Waals surface area contributed by atoms with E-state index in [-0.39, 0.29) is 12.0 Å². The van der Waals surface area contributed by atoms with Crippen LogP contribution in [0.4, 0.5) is 0 Å². The van der Waals surface area contributed by atoms with Crippen molar-refractivity contribution in [2.45, 2.75) is 69.5 Å². The normalized spacial score (nSPS) is 31.1. The van der Waals surface area contributed by atoms with Crippen molar-refractivity contribution in [1.29, 1.82) is 0 Å². The third-order valence-electron chi connectivity index (χ3n) is 7.34. The second-order valence-corrected chi connectivity index (χ2v) is 10.3. The van der Waals surface area contributed by atoms with Crippen LogP contribution in [0.15, 0.2) is 29.9 Å². The summed E-state index contributed by atoms with van der Waals surface area (Å²) in [6.07, 6.45) is 5.36. The molecule has 206 valence electrons. The zero-order valence-corrected chi connectivity index (χ0v) is 23.5. The first kappa shape index (κ1) is 29.3. The fraction of sp³-hybridized carbons (Fsp3) is 0.607. The van der Waals surface area contributed by atoms with Crippen molar-refractivity contribution in [3.05, 3.63) is 35.4 Å². The van der Waals surface area contributed by atoms with Crippen LogP contribution in [0.5, 0.6) is 17.2 Å². The van der Waals surface area contributed by atoms with Gasteiger partial charge in [0, 0.05) is 13.2 Å². The molecule has 37 heavy (non-hydrogen) atoms. The second-order valence-electron chi connectivity index (χ2n) is 10.0. The molecule has 0 radical (unpaired) electrons. The Labute approximate surface area is 224 Å². The topological polar surface area (TPSA) is 96.0 Å². The largest absolute Gasteiger partial charge is 0.493 e. The number of halogens is 1. The Balaban J connectivity index is 1.78. The van der Waals surface area contributed by atoms with E-state index >= 15 is 0 Å². The first-order chi connectivity index (χ1) is 17.6. The van der Waals surface area contributed by atoms with E-state index in [0.29, 0.717) is 35.7 Å². The maximum Gasteiger partial charge on any atom is 0.331 e. The Morgan fingerprint density at radius 1 is 1.16 bits per heavy atom. The maximum atomic E-state index is 12.8. The summed E-state index contributed by atoms with van der Waals surface area (Å²) in [5.41, 5.74) is 0.0239. The molecule has 1 saturated heterocycles. The molecular weight excluding hydrogens is 500 g/mol. The molecule has 1 aliphatic heterocycles. The molecule has 3 rings (SSSR count). The number of alkyl halides is 1. The smallest absolute Gasteiger partial charge is 0.331 e. The Morgan fingerprint density at radius 3 is 2.32 bits per heavy atom. The number of methoxy groups -OCH3 is 4. The van der Waals surface area contributed by atoms with E-state index in [4.69, 9.17) is 40.0 Å². The van der Waals surface area contributed by atoms with Crippen LogP contribution in [-0.2, 0) is 19.0 Å². The lowest BCUT2D eigenvalue weighted by atomic mass is 9.66. The molecule has 1 aromatic rings. The number of epoxide rings is 1. The van der Waals surface area contributed by atoms with E-state index in [9.17, 15) is 9.90 Å². The van der Waals surface area contributed by atoms with Crippen LogP contribution in [0.25, 0.3) is 6.08 Å². The highest BCUT2D eigenvalue weighted by molar-refractivity contribution is 6.18. The molecule has 1 saturated carbocycles. The second kappa shape index (κ2) is 12.1. The van der Waals surface area contributed by atoms with Crippen molar-refractivity contribution < 1.29 is 38.3 Å². The first-order valence-electron chi connectivity index (χ1n) is 12.4. The standard InChI is InChI=1S/C28H39ClO8/c1-17(2)8-10-22-27(3,37-22)26-25(35-7)19(12-13-28(26,31)16-29)36-23(30)11-9-18-14-20(32-4)24(34-6)21(15-18)33-5/h8-9,11,14-15,19,22,25-26,31H,10,12-13,16H2,1-7H3/b11-9+/t19-,22+,25-,26-,27-,28+/m1/s1. The number of carbonyl (C=O) groups is 1. The lowest BCUT2D eigenvalue weighted by molar-refractivity contribution is -0.189. The lowest BCUT2D eigenvalue weighted by Gasteiger charge is -2.48. The molecule has 1 N–H and O–H groups in total. The molecule has 6 atom stereocenters. The van der Waals surface area contributed by atoms with Crippen LogP contribution in [0.2, 0.25) is 0 Å². The van der Waals surface area contributed by atoms with Gasteiger partial charge < -0.3 is 33.5 Å². The van der Waals surface area contributed by atoms with Crippen molar-refractivity contribution in [1.82, 2.24) is 0 Å². The van der Waals surface area contributed by atoms with Gasteiger partial charge in [-0.25, -0.2) is 4.79 Å². The van der Waals surface area contributed by atoms with Crippen LogP contribution in [-0.4, -0.2) is 74.9 Å². The van der Waals surface area contributed by atoms with Crippen LogP contribution in [0.3, 0.4) is 0 Å². The molecule has 0 bridgehead atoms. The third kappa shape index (κ3) is 6.25. The lowest BCUT2D eigenvalue weighted by Crippen LogP contribution is -2.61. The van der Waals surface area contributed by atoms with Gasteiger partial charge in [-0.05, 0) is 63.8 Å². The van der Waals surface area contributed by atoms with E-state index in [2.05, 4.69) is 6.08 Å². The fourth-order valence-corrected chi connectivity index (χ4v) is 5.68. The predicted octanol–water partition coefficient (Wildman–Crippen LogP) is 4.55. The Morgan fingerprint density at radius 2 is 1.81 bits per heavy atom. The molecular formula is C28H39ClO8. The number of benzene rings is 1. The number of esters is 1. The zero-order chi connectivity index (χ0) is 27.4. The number of ether oxygens (including phenoxy) is 6. The van der Waals surface area contributed by atoms with E-state index in [0.717, 1.165) is 6.42 Å². The highest BCUT2D eigenvalue weighted by Gasteiger charge is 2.67. The van der Waals surface area contributed by atoms with Gasteiger partial charge in [-0.1, -0.05) is 11.6 Å². The molecule has 0 aromatic heterocycles. The molecule has 2 aliphatic rings. The van der Waals surface area contributed by atoms with Crippen LogP contribution in [0, 0.1) is 5.92 Å². The van der Waals surface area contributed by atoms with Crippen molar-refractivity contribution in [2.24, 2.45) is 5.92 Å². The molecule has 0 amide bonds. The van der Waals surface area contributed by atoms with Crippen molar-refractivity contribution >= 4 is 23.6 Å². The number of hydrogen-bond donors (Lipinski definition) is 1. The van der Waals surface area contributed by atoms with Crippen molar-refractivity contribution in [3.8, 4) is 17.2 Å². The van der Waals surface area contributed by atoms with Crippen LogP contribution < -0.4 is 14.2 Å². The van der Waals surface area contributed by atoms with Gasteiger partial charge in [0.2, 0.25) is 5.75 Å². The van der Waals surface area contributed by atoms with E-state index < -0.39 is 35.3 Å². The van der Waals surface area contributed by atoms with E-state index in [1.807, 2.05) is 20.8 Å². The van der Waals surface area contributed by atoms with Gasteiger partial charge in [-0.3, -0.25) is 0 Å². The summed E-state index contributed by atoms with van der Waals surface area (Å²) in [6, 6.07) is 3.47. The fourth-order valence-electron chi connectivity index (χ4n) is 5.38. The minimum atomic E-state index is -1.20. The number of allylic oxidation sites excluding steroid dienone is 1. The Hall–Kier alpha value is -2.26. The molecule has 1 aromatic carbocycles. The summed E-state index contributed by atoms with van der Waals surface area (Å²) in [4.78, 5) is 12.8. The third-order valence-corrected chi connectivity index (χ3v) is 7.80. The first-order valence-corrected chi connectivity index (χ1v) is 12.9. The van der Waals surface area contributed by atoms with Crippen molar-refractivity contribution in [2.75, 3.05) is 34.3 Å². The minimum absolute atomic E-state index is 0.0353. The summed E-state index contributed by atoms with van der Waals surface area (Å²) in [5.74, 6) is 0.456. The summed E-state index contributed by atoms with van der Waals surface area (Å²) in [6.45, 7) is 6.04. The number of carbonyl (C=O) groups excluding carboxylic acids is 1. The quantitative estimate of drug-likeness (QED) is 0.144. The number of rotatable bonds is 11. The molecule has 9 heteroatoms. The van der Waals surface area contributed by atoms with Gasteiger partial charge in [-0.15, -0.1) is 11.6 Å². The summed E-state index contributed by atoms with van der Waals surface area (Å²) < 4.78 is 33.9. The molecule has 0 unspecified atom stereocenters. The maximum absolute atomic E-state index is 12.8. The van der Waals surface area contributed by atoms with Gasteiger partial charge in [0.05, 0.1) is 44.8 Å². The van der Waals surface area contributed by atoms with Gasteiger partial charge >= 0.3 is 5.97 Å². The van der Waals surface area contributed by atoms with Gasteiger partial charge in [0.15, 0.2) is 11.5 Å². The summed E-state index contributed by atoms with van der Waals surface area (Å²) in [5, 5.41) is 11.5. The van der Waals surface area contributed by atoms with Crippen LogP contribution in [0.1, 0.15) is 45.6 Å². The molecule has 1 heterocycles. The minimum Gasteiger partial charge on any atom is -0.493 e. The summed E-state index contributed by atoms with van der Waals surface area (Å²) >= 11 is 6.27. The average Bonchev–Trinajstić information content (AvgIpc) is 3.56. The van der Waals surface area contributed by atoms with E-state index in [1.165, 1.54) is 33.0 Å². The van der Waals surface area contributed by atoms with E-state index in [1.54, 1.807) is 25.3 Å². The highest BCUT2D eigenvalue weighted by atomic mass is 35.5. The monoisotopic (exact) mass is 538 g/mol. The van der Waals surface area contributed by atoms with Gasteiger partial charge in [0.25, 0.3) is 0 Å². The van der Waals surface area contributed by atoms with Gasteiger partial charge in [0.1, 0.15) is 17.8 Å². The van der Waals surface area contributed by atoms with Gasteiger partial charge in [-0.2, -0.15) is 0 Å². The average molecular weight is 539 g/mol. The summed E-state index contributed by atoms with van der Waals surface area (Å²) in [7, 11) is 6.14. The Bertz CT molecular complexity index is 994. The molecule has 2 fully saturated rings.